The third kappa shape index (κ3) is 8.92. The standard InChI is InChI=1S/C22H19F7N2O4/c23-17-12-15(22(27,28)29)4-1-14(17)11-18(20(34)30-8-9-32)31-19(33)13-2-5-16(6-3-13)35-10-7-21(24,25)26/h1-6,11-12,32H,7-10H2,(H,30,34)(H,31,33). The van der Waals surface area contributed by atoms with E-state index in [-0.39, 0.29) is 23.9 Å². The molecule has 0 saturated carbocycles. The first-order valence-electron chi connectivity index (χ1n) is 9.88. The molecule has 0 radical (unpaired) electrons. The highest BCUT2D eigenvalue weighted by Gasteiger charge is 2.31. The van der Waals surface area contributed by atoms with Gasteiger partial charge in [-0.05, 0) is 42.5 Å². The molecule has 2 amide bonds. The van der Waals surface area contributed by atoms with Crippen molar-refractivity contribution in [2.24, 2.45) is 0 Å². The molecule has 0 saturated heterocycles. The molecule has 0 atom stereocenters. The summed E-state index contributed by atoms with van der Waals surface area (Å²) in [7, 11) is 0. The Balaban J connectivity index is 2.21. The largest absolute Gasteiger partial charge is 0.493 e. The molecule has 0 aromatic heterocycles. The van der Waals surface area contributed by atoms with Gasteiger partial charge in [-0.1, -0.05) is 6.07 Å². The van der Waals surface area contributed by atoms with Crippen molar-refractivity contribution in [2.45, 2.75) is 18.8 Å². The SMILES string of the molecule is O=C(NCCO)C(=Cc1ccc(C(F)(F)F)cc1F)NC(=O)c1ccc(OCCC(F)(F)F)cc1. The first-order chi connectivity index (χ1) is 16.3. The Labute approximate surface area is 194 Å². The molecule has 0 bridgehead atoms. The summed E-state index contributed by atoms with van der Waals surface area (Å²) >= 11 is 0. The van der Waals surface area contributed by atoms with E-state index in [0.29, 0.717) is 6.07 Å². The number of ether oxygens (including phenoxy) is 1. The molecule has 0 aliphatic rings. The summed E-state index contributed by atoms with van der Waals surface area (Å²) in [5.74, 6) is -3.10. The summed E-state index contributed by atoms with van der Waals surface area (Å²) in [5.41, 5.74) is -2.27. The van der Waals surface area contributed by atoms with Gasteiger partial charge in [0.25, 0.3) is 11.8 Å². The highest BCUT2D eigenvalue weighted by atomic mass is 19.4. The summed E-state index contributed by atoms with van der Waals surface area (Å²) < 4.78 is 94.0. The van der Waals surface area contributed by atoms with Gasteiger partial charge in [-0.25, -0.2) is 4.39 Å². The van der Waals surface area contributed by atoms with Gasteiger partial charge in [0.1, 0.15) is 17.3 Å². The van der Waals surface area contributed by atoms with Crippen LogP contribution in [0.15, 0.2) is 48.2 Å². The Morgan fingerprint density at radius 2 is 1.66 bits per heavy atom. The molecule has 6 nitrogen and oxygen atoms in total. The number of halogens is 7. The molecule has 0 aliphatic carbocycles. The monoisotopic (exact) mass is 508 g/mol. The van der Waals surface area contributed by atoms with E-state index in [1.54, 1.807) is 0 Å². The maximum atomic E-state index is 14.2. The molecule has 35 heavy (non-hydrogen) atoms. The van der Waals surface area contributed by atoms with Crippen molar-refractivity contribution >= 4 is 17.9 Å². The smallest absolute Gasteiger partial charge is 0.416 e. The summed E-state index contributed by atoms with van der Waals surface area (Å²) in [6.07, 6.45) is -9.55. The maximum Gasteiger partial charge on any atom is 0.416 e. The van der Waals surface area contributed by atoms with Crippen molar-refractivity contribution in [3.8, 4) is 5.75 Å². The molecule has 190 valence electrons. The number of benzene rings is 2. The molecular weight excluding hydrogens is 489 g/mol. The maximum absolute atomic E-state index is 14.2. The van der Waals surface area contributed by atoms with E-state index in [1.165, 1.54) is 24.3 Å². The first-order valence-corrected chi connectivity index (χ1v) is 9.88. The molecule has 0 fully saturated rings. The second-order valence-corrected chi connectivity index (χ2v) is 6.96. The summed E-state index contributed by atoms with van der Waals surface area (Å²) in [5, 5.41) is 13.3. The predicted octanol–water partition coefficient (Wildman–Crippen LogP) is 4.06. The van der Waals surface area contributed by atoms with Crippen molar-refractivity contribution in [1.82, 2.24) is 10.6 Å². The van der Waals surface area contributed by atoms with E-state index in [9.17, 15) is 40.3 Å². The van der Waals surface area contributed by atoms with Crippen molar-refractivity contribution in [3.63, 3.8) is 0 Å². The van der Waals surface area contributed by atoms with Gasteiger partial charge in [-0.15, -0.1) is 0 Å². The molecular formula is C22H19F7N2O4. The van der Waals surface area contributed by atoms with Crippen LogP contribution >= 0.6 is 0 Å². The fourth-order valence-electron chi connectivity index (χ4n) is 2.58. The minimum absolute atomic E-state index is 0.0501. The number of hydrogen-bond acceptors (Lipinski definition) is 4. The molecule has 2 aromatic carbocycles. The summed E-state index contributed by atoms with van der Waals surface area (Å²) in [4.78, 5) is 24.9. The zero-order valence-electron chi connectivity index (χ0n) is 17.8. The fraction of sp³-hybridized carbons (Fsp3) is 0.273. The lowest BCUT2D eigenvalue weighted by molar-refractivity contribution is -0.139. The van der Waals surface area contributed by atoms with Gasteiger partial charge in [0, 0.05) is 17.7 Å². The van der Waals surface area contributed by atoms with Crippen LogP contribution in [0, 0.1) is 5.82 Å². The van der Waals surface area contributed by atoms with Crippen LogP contribution in [0.2, 0.25) is 0 Å². The molecule has 2 aromatic rings. The Morgan fingerprint density at radius 1 is 1.00 bits per heavy atom. The van der Waals surface area contributed by atoms with Crippen LogP contribution in [0.5, 0.6) is 5.75 Å². The lowest BCUT2D eigenvalue weighted by Crippen LogP contribution is -2.36. The van der Waals surface area contributed by atoms with Crippen LogP contribution < -0.4 is 15.4 Å². The van der Waals surface area contributed by atoms with Crippen LogP contribution in [0.3, 0.4) is 0 Å². The van der Waals surface area contributed by atoms with Gasteiger partial charge in [0.15, 0.2) is 0 Å². The number of aliphatic hydroxyl groups excluding tert-OH is 1. The second kappa shape index (κ2) is 11.7. The molecule has 0 heterocycles. The summed E-state index contributed by atoms with van der Waals surface area (Å²) in [6.45, 7) is -1.32. The fourth-order valence-corrected chi connectivity index (χ4v) is 2.58. The van der Waals surface area contributed by atoms with E-state index < -0.39 is 66.4 Å². The molecule has 3 N–H and O–H groups in total. The molecule has 0 unspecified atom stereocenters. The highest BCUT2D eigenvalue weighted by Crippen LogP contribution is 2.30. The zero-order valence-corrected chi connectivity index (χ0v) is 17.8. The summed E-state index contributed by atoms with van der Waals surface area (Å²) in [6, 6.07) is 6.43. The van der Waals surface area contributed by atoms with Crippen LogP contribution in [0.4, 0.5) is 30.7 Å². The minimum atomic E-state index is -4.79. The zero-order chi connectivity index (χ0) is 26.2. The van der Waals surface area contributed by atoms with Gasteiger partial charge in [0.2, 0.25) is 0 Å². The van der Waals surface area contributed by atoms with Crippen molar-refractivity contribution in [2.75, 3.05) is 19.8 Å². The van der Waals surface area contributed by atoms with E-state index in [1.807, 2.05) is 0 Å². The van der Waals surface area contributed by atoms with Crippen molar-refractivity contribution in [3.05, 3.63) is 70.7 Å². The topological polar surface area (TPSA) is 87.7 Å². The van der Waals surface area contributed by atoms with E-state index in [0.717, 1.165) is 12.1 Å². The second-order valence-electron chi connectivity index (χ2n) is 6.96. The Morgan fingerprint density at radius 3 is 2.20 bits per heavy atom. The van der Waals surface area contributed by atoms with Gasteiger partial charge in [0.05, 0.1) is 25.2 Å². The van der Waals surface area contributed by atoms with Gasteiger partial charge in [-0.2, -0.15) is 26.3 Å². The third-order valence-corrected chi connectivity index (χ3v) is 4.29. The van der Waals surface area contributed by atoms with Crippen molar-refractivity contribution in [1.29, 1.82) is 0 Å². The molecule has 13 heteroatoms. The highest BCUT2D eigenvalue weighted by molar-refractivity contribution is 6.05. The molecule has 2 rings (SSSR count). The number of carbonyl (C=O) groups excluding carboxylic acids is 2. The number of rotatable bonds is 9. The van der Waals surface area contributed by atoms with Crippen LogP contribution in [-0.2, 0) is 11.0 Å². The number of nitrogens with one attached hydrogen (secondary N) is 2. The Kier molecular flexibility index (Phi) is 9.23. The quantitative estimate of drug-likeness (QED) is 0.352. The van der Waals surface area contributed by atoms with Gasteiger partial charge >= 0.3 is 12.4 Å². The number of alkyl halides is 6. The molecule has 0 spiro atoms. The average molecular weight is 508 g/mol. The van der Waals surface area contributed by atoms with Gasteiger partial charge < -0.3 is 20.5 Å². The van der Waals surface area contributed by atoms with Gasteiger partial charge in [-0.3, -0.25) is 9.59 Å². The number of hydrogen-bond donors (Lipinski definition) is 3. The number of carbonyl (C=O) groups is 2. The van der Waals surface area contributed by atoms with Crippen LogP contribution in [-0.4, -0.2) is 42.9 Å². The predicted molar refractivity (Wildman–Crippen MR) is 110 cm³/mol. The van der Waals surface area contributed by atoms with Crippen LogP contribution in [0.25, 0.3) is 6.08 Å². The first kappa shape index (κ1) is 27.6. The lowest BCUT2D eigenvalue weighted by atomic mass is 10.1. The average Bonchev–Trinajstić information content (AvgIpc) is 2.77. The Hall–Kier alpha value is -3.61. The van der Waals surface area contributed by atoms with Crippen molar-refractivity contribution < 1.29 is 50.2 Å². The number of amides is 2. The minimum Gasteiger partial charge on any atom is -0.493 e. The lowest BCUT2D eigenvalue weighted by Gasteiger charge is -2.12. The van der Waals surface area contributed by atoms with Crippen LogP contribution in [0.1, 0.15) is 27.9 Å². The van der Waals surface area contributed by atoms with E-state index in [4.69, 9.17) is 9.84 Å². The normalized spacial score (nSPS) is 12.3. The third-order valence-electron chi connectivity index (χ3n) is 4.29. The van der Waals surface area contributed by atoms with E-state index in [2.05, 4.69) is 10.6 Å². The number of aliphatic hydroxyl groups is 1. The Bertz CT molecular complexity index is 1060. The molecule has 0 aliphatic heterocycles. The van der Waals surface area contributed by atoms with E-state index >= 15 is 0 Å².